The average Bonchev–Trinajstić information content (AvgIpc) is 2.91. The molecule has 2 aromatic rings. The third-order valence-corrected chi connectivity index (χ3v) is 9.20. The first-order chi connectivity index (χ1) is 18.3. The Hall–Kier alpha value is -2.32. The van der Waals surface area contributed by atoms with Gasteiger partial charge >= 0.3 is 0 Å². The minimum absolute atomic E-state index is 0.182. The zero-order chi connectivity index (χ0) is 26.8. The molecule has 7 heteroatoms. The van der Waals surface area contributed by atoms with Gasteiger partial charge in [-0.05, 0) is 48.1 Å². The van der Waals surface area contributed by atoms with Crippen LogP contribution in [0, 0.1) is 17.8 Å². The molecule has 38 heavy (non-hydrogen) atoms. The maximum absolute atomic E-state index is 13.2. The first-order valence-corrected chi connectivity index (χ1v) is 14.7. The molecule has 1 saturated carbocycles. The van der Waals surface area contributed by atoms with Crippen molar-refractivity contribution in [3.8, 4) is 0 Å². The summed E-state index contributed by atoms with van der Waals surface area (Å²) in [5, 5.41) is 12.4. The molecule has 2 amide bonds. The second-order valence-electron chi connectivity index (χ2n) is 12.3. The lowest BCUT2D eigenvalue weighted by Crippen LogP contribution is -3.28. The number of aliphatic hydroxyl groups excluding tert-OH is 1. The van der Waals surface area contributed by atoms with Gasteiger partial charge in [-0.1, -0.05) is 51.5 Å². The molecular weight excluding hydrogens is 478 g/mol. The van der Waals surface area contributed by atoms with Crippen molar-refractivity contribution in [3.05, 3.63) is 47.5 Å². The standard InChI is InChI=1S/C31H43N3O4/c1-21(2)25-11-10-22(3)18-28(25)38-20-24(35)19-33-14-12-32(13-15-33)16-17-34-30(36)26-8-4-6-23-7-5-9-27(29(23)26)31(34)37/h4-9,21-22,24-25,28,35H,10-20H2,1-3H3/p+2/t22-,24-,25-,28-/m1/s1. The van der Waals surface area contributed by atoms with Gasteiger partial charge in [-0.3, -0.25) is 14.5 Å². The average molecular weight is 524 g/mol. The summed E-state index contributed by atoms with van der Waals surface area (Å²) in [4.78, 5) is 30.6. The third-order valence-electron chi connectivity index (χ3n) is 9.20. The number of carbonyl (C=O) groups is 2. The second kappa shape index (κ2) is 11.8. The largest absolute Gasteiger partial charge is 0.385 e. The number of nitrogens with zero attached hydrogens (tertiary/aromatic N) is 1. The van der Waals surface area contributed by atoms with E-state index in [0.29, 0.717) is 48.6 Å². The van der Waals surface area contributed by atoms with Crippen LogP contribution in [0.3, 0.4) is 0 Å². The van der Waals surface area contributed by atoms with E-state index in [1.807, 2.05) is 36.4 Å². The Kier molecular flexibility index (Phi) is 8.48. The number of imide groups is 1. The van der Waals surface area contributed by atoms with E-state index in [1.54, 1.807) is 0 Å². The van der Waals surface area contributed by atoms with Gasteiger partial charge < -0.3 is 19.6 Å². The number of nitrogens with one attached hydrogen (secondary N) is 2. The highest BCUT2D eigenvalue weighted by Gasteiger charge is 2.35. The van der Waals surface area contributed by atoms with Crippen LogP contribution in [0.2, 0.25) is 0 Å². The number of piperazine rings is 1. The summed E-state index contributed by atoms with van der Waals surface area (Å²) in [7, 11) is 0. The Balaban J connectivity index is 1.07. The molecule has 3 aliphatic rings. The second-order valence-corrected chi connectivity index (χ2v) is 12.3. The van der Waals surface area contributed by atoms with Gasteiger partial charge in [0.25, 0.3) is 11.8 Å². The van der Waals surface area contributed by atoms with E-state index in [2.05, 4.69) is 20.8 Å². The summed E-state index contributed by atoms with van der Waals surface area (Å²) in [6, 6.07) is 11.3. The minimum Gasteiger partial charge on any atom is -0.385 e. The molecule has 0 radical (unpaired) electrons. The maximum Gasteiger partial charge on any atom is 0.261 e. The summed E-state index contributed by atoms with van der Waals surface area (Å²) in [6.45, 7) is 13.1. The number of carbonyl (C=O) groups excluding carboxylic acids is 2. The van der Waals surface area contributed by atoms with Crippen LogP contribution in [-0.2, 0) is 4.74 Å². The molecule has 0 spiro atoms. The predicted molar refractivity (Wildman–Crippen MR) is 148 cm³/mol. The molecule has 1 aliphatic carbocycles. The fourth-order valence-electron chi connectivity index (χ4n) is 6.90. The fourth-order valence-corrected chi connectivity index (χ4v) is 6.90. The summed E-state index contributed by atoms with van der Waals surface area (Å²) in [5.74, 6) is 1.55. The normalized spacial score (nSPS) is 28.8. The molecule has 5 rings (SSSR count). The van der Waals surface area contributed by atoms with E-state index in [0.717, 1.165) is 49.9 Å². The van der Waals surface area contributed by atoms with Crippen molar-refractivity contribution in [2.45, 2.75) is 52.2 Å². The molecule has 2 aromatic carbocycles. The Morgan fingerprint density at radius 1 is 0.974 bits per heavy atom. The van der Waals surface area contributed by atoms with Crippen LogP contribution in [0.25, 0.3) is 10.8 Å². The number of aliphatic hydroxyl groups is 1. The van der Waals surface area contributed by atoms with E-state index in [4.69, 9.17) is 4.74 Å². The Bertz CT molecular complexity index is 1090. The van der Waals surface area contributed by atoms with Crippen molar-refractivity contribution in [2.75, 3.05) is 52.4 Å². The van der Waals surface area contributed by atoms with E-state index in [9.17, 15) is 14.7 Å². The van der Waals surface area contributed by atoms with Crippen LogP contribution >= 0.6 is 0 Å². The summed E-state index contributed by atoms with van der Waals surface area (Å²) < 4.78 is 6.29. The zero-order valence-electron chi connectivity index (χ0n) is 23.2. The van der Waals surface area contributed by atoms with Gasteiger partial charge in [0.1, 0.15) is 38.8 Å². The molecule has 2 fully saturated rings. The van der Waals surface area contributed by atoms with Gasteiger partial charge in [-0.2, -0.15) is 0 Å². The number of rotatable bonds is 9. The lowest BCUT2D eigenvalue weighted by atomic mass is 9.75. The molecule has 1 saturated heterocycles. The Labute approximate surface area is 226 Å². The van der Waals surface area contributed by atoms with Gasteiger partial charge in [0.2, 0.25) is 0 Å². The van der Waals surface area contributed by atoms with Crippen molar-refractivity contribution in [2.24, 2.45) is 17.8 Å². The summed E-state index contributed by atoms with van der Waals surface area (Å²) >= 11 is 0. The van der Waals surface area contributed by atoms with Gasteiger partial charge in [0.05, 0.1) is 25.8 Å². The molecule has 0 bridgehead atoms. The van der Waals surface area contributed by atoms with E-state index in [-0.39, 0.29) is 17.9 Å². The summed E-state index contributed by atoms with van der Waals surface area (Å²) in [6.07, 6.45) is 3.44. The van der Waals surface area contributed by atoms with Crippen molar-refractivity contribution in [3.63, 3.8) is 0 Å². The highest BCUT2D eigenvalue weighted by Crippen LogP contribution is 2.35. The molecule has 2 heterocycles. The molecule has 2 aliphatic heterocycles. The van der Waals surface area contributed by atoms with Gasteiger partial charge in [0.15, 0.2) is 0 Å². The van der Waals surface area contributed by atoms with E-state index in [1.165, 1.54) is 27.5 Å². The van der Waals surface area contributed by atoms with E-state index >= 15 is 0 Å². The van der Waals surface area contributed by atoms with Gasteiger partial charge in [0, 0.05) is 16.5 Å². The predicted octanol–water partition coefficient (Wildman–Crippen LogP) is 1.06. The van der Waals surface area contributed by atoms with Crippen LogP contribution in [-0.4, -0.2) is 86.4 Å². The van der Waals surface area contributed by atoms with Crippen molar-refractivity contribution >= 4 is 22.6 Å². The quantitative estimate of drug-likeness (QED) is 0.430. The molecule has 0 aromatic heterocycles. The first-order valence-electron chi connectivity index (χ1n) is 14.7. The van der Waals surface area contributed by atoms with Gasteiger partial charge in [-0.15, -0.1) is 0 Å². The topological polar surface area (TPSA) is 75.7 Å². The van der Waals surface area contributed by atoms with Crippen molar-refractivity contribution < 1.29 is 29.2 Å². The maximum atomic E-state index is 13.2. The molecule has 0 unspecified atom stereocenters. The van der Waals surface area contributed by atoms with Crippen LogP contribution in [0.1, 0.15) is 60.7 Å². The van der Waals surface area contributed by atoms with Crippen LogP contribution < -0.4 is 9.80 Å². The summed E-state index contributed by atoms with van der Waals surface area (Å²) in [5.41, 5.74) is 1.25. The third kappa shape index (κ3) is 5.81. The molecular formula is C31H45N3O4+2. The highest BCUT2D eigenvalue weighted by atomic mass is 16.5. The minimum atomic E-state index is -0.442. The van der Waals surface area contributed by atoms with Crippen molar-refractivity contribution in [1.82, 2.24) is 4.90 Å². The highest BCUT2D eigenvalue weighted by molar-refractivity contribution is 6.25. The number of hydrogen-bond acceptors (Lipinski definition) is 4. The van der Waals surface area contributed by atoms with Gasteiger partial charge in [-0.25, -0.2) is 0 Å². The number of amides is 2. The Morgan fingerprint density at radius 3 is 2.24 bits per heavy atom. The lowest BCUT2D eigenvalue weighted by molar-refractivity contribution is -1.01. The van der Waals surface area contributed by atoms with Crippen LogP contribution in [0.4, 0.5) is 0 Å². The number of benzene rings is 2. The molecule has 7 nitrogen and oxygen atoms in total. The van der Waals surface area contributed by atoms with Crippen LogP contribution in [0.5, 0.6) is 0 Å². The fraction of sp³-hybridized carbons (Fsp3) is 0.613. The molecule has 4 atom stereocenters. The zero-order valence-corrected chi connectivity index (χ0v) is 23.2. The van der Waals surface area contributed by atoms with E-state index < -0.39 is 6.10 Å². The monoisotopic (exact) mass is 523 g/mol. The molecule has 206 valence electrons. The SMILES string of the molecule is CC(C)[C@H]1CC[C@@H](C)C[C@H]1OC[C@H](O)C[NH+]1CC[NH+](CCN2C(=O)c3cccc4cccc(c34)C2=O)CC1. The number of hydrogen-bond donors (Lipinski definition) is 3. The van der Waals surface area contributed by atoms with Crippen molar-refractivity contribution in [1.29, 1.82) is 0 Å². The van der Waals surface area contributed by atoms with Crippen LogP contribution in [0.15, 0.2) is 36.4 Å². The lowest BCUT2D eigenvalue weighted by Gasteiger charge is -2.37. The Morgan fingerprint density at radius 2 is 1.61 bits per heavy atom. The number of ether oxygens (including phenoxy) is 1. The number of quaternary nitrogens is 2. The first kappa shape index (κ1) is 27.3. The smallest absolute Gasteiger partial charge is 0.261 e. The molecule has 3 N–H and O–H groups in total.